The summed E-state index contributed by atoms with van der Waals surface area (Å²) in [5, 5.41) is 13.9. The van der Waals surface area contributed by atoms with Gasteiger partial charge in [-0.2, -0.15) is 0 Å². The summed E-state index contributed by atoms with van der Waals surface area (Å²) in [5.41, 5.74) is 10.9. The number of halogens is 4. The second-order valence-corrected chi connectivity index (χ2v) is 27.2. The number of rotatable bonds is 28. The predicted molar refractivity (Wildman–Crippen MR) is 382 cm³/mol. The lowest BCUT2D eigenvalue weighted by molar-refractivity contribution is -0.121. The van der Waals surface area contributed by atoms with Gasteiger partial charge in [0, 0.05) is 106 Å². The van der Waals surface area contributed by atoms with Gasteiger partial charge in [0.1, 0.15) is 23.3 Å². The Morgan fingerprint density at radius 3 is 1.56 bits per heavy atom. The van der Waals surface area contributed by atoms with E-state index in [0.29, 0.717) is 107 Å². The molecule has 0 aliphatic heterocycles. The van der Waals surface area contributed by atoms with E-state index < -0.39 is 15.7 Å². The highest BCUT2D eigenvalue weighted by Gasteiger charge is 2.23. The Kier molecular flexibility index (Phi) is 32.2. The van der Waals surface area contributed by atoms with Crippen molar-refractivity contribution >= 4 is 113 Å². The molecule has 97 heavy (non-hydrogen) atoms. The maximum atomic E-state index is 14.1. The Morgan fingerprint density at radius 1 is 0.567 bits per heavy atom. The Bertz CT molecular complexity index is 4390. The number of methoxy groups -OCH3 is 5. The molecule has 0 saturated heterocycles. The normalized spacial score (nSPS) is 11.9. The van der Waals surface area contributed by atoms with Crippen molar-refractivity contribution in [2.75, 3.05) is 87.5 Å². The lowest BCUT2D eigenvalue weighted by atomic mass is 9.95. The van der Waals surface area contributed by atoms with Crippen molar-refractivity contribution in [3.8, 4) is 11.5 Å². The van der Waals surface area contributed by atoms with Gasteiger partial charge in [-0.25, -0.2) is 39.1 Å². The van der Waals surface area contributed by atoms with Crippen LogP contribution in [0, 0.1) is 43.3 Å². The van der Waals surface area contributed by atoms with Gasteiger partial charge < -0.3 is 44.3 Å². The number of ketones is 2. The van der Waals surface area contributed by atoms with Gasteiger partial charge in [-0.3, -0.25) is 19.2 Å². The smallest absolute Gasteiger partial charge is 0.316 e. The molecule has 0 spiro atoms. The summed E-state index contributed by atoms with van der Waals surface area (Å²) >= 11 is 5.43. The van der Waals surface area contributed by atoms with Crippen LogP contribution in [0.1, 0.15) is 106 Å². The van der Waals surface area contributed by atoms with Crippen LogP contribution in [0.5, 0.6) is 11.5 Å². The molecule has 10 aromatic rings. The zero-order valence-electron chi connectivity index (χ0n) is 54.9. The molecule has 1 amide bonds. The van der Waals surface area contributed by atoms with Crippen LogP contribution in [-0.4, -0.2) is 113 Å². The summed E-state index contributed by atoms with van der Waals surface area (Å²) in [7, 11) is 4.62. The predicted octanol–water partition coefficient (Wildman–Crippen LogP) is 17.4. The number of fused-ring (bicyclic) bond motifs is 4. The highest BCUT2D eigenvalue weighted by Crippen LogP contribution is 2.38. The molecular weight excluding hydrogens is 1350 g/mol. The monoisotopic (exact) mass is 1420 g/mol. The summed E-state index contributed by atoms with van der Waals surface area (Å²) in [6, 6.07) is 31.3. The Hall–Kier alpha value is -7.98. The van der Waals surface area contributed by atoms with Gasteiger partial charge in [-0.1, -0.05) is 66.2 Å². The van der Waals surface area contributed by atoms with E-state index in [-0.39, 0.29) is 76.4 Å². The van der Waals surface area contributed by atoms with Gasteiger partial charge in [-0.15, -0.1) is 45.3 Å². The average Bonchev–Trinajstić information content (AvgIpc) is 1.72. The van der Waals surface area contributed by atoms with Crippen molar-refractivity contribution < 1.29 is 68.8 Å². The highest BCUT2D eigenvalue weighted by atomic mass is 32.2. The Labute approximate surface area is 579 Å². The molecule has 514 valence electrons. The highest BCUT2D eigenvalue weighted by molar-refractivity contribution is 7.91. The number of carbonyl (C=O) groups excluding carboxylic acids is 3. The molecule has 24 heteroatoms. The molecule has 10 rings (SSSR count). The minimum Gasteiger partial charge on any atom is -0.493 e. The van der Waals surface area contributed by atoms with Crippen LogP contribution >= 0.6 is 45.3 Å². The Morgan fingerprint density at radius 2 is 1.05 bits per heavy atom. The van der Waals surface area contributed by atoms with Crippen molar-refractivity contribution in [3.05, 3.63) is 216 Å². The maximum absolute atomic E-state index is 14.1. The van der Waals surface area contributed by atoms with Crippen LogP contribution in [0.2, 0.25) is 0 Å². The molecule has 0 radical (unpaired) electrons. The third kappa shape index (κ3) is 22.0. The first-order valence-corrected chi connectivity index (χ1v) is 35.9. The fraction of sp³-hybridized carbons (Fsp3) is 0.329. The number of nitrogens with zero attached hydrogens (tertiary/aromatic N) is 2. The number of Topliss-reactive ketones (excluding diaryl/α,β-unsaturated/α-hetero) is 2. The zero-order chi connectivity index (χ0) is 70.4. The quantitative estimate of drug-likeness (QED) is 0.0269. The molecule has 0 saturated carbocycles. The molecular formula is C73H78F4N4O11S5. The third-order valence-electron chi connectivity index (χ3n) is 15.3. The third-order valence-corrected chi connectivity index (χ3v) is 20.8. The number of ether oxygens (including phenoxy) is 6. The molecule has 3 atom stereocenters. The zero-order valence-corrected chi connectivity index (χ0v) is 59.0. The van der Waals surface area contributed by atoms with E-state index in [0.717, 1.165) is 49.5 Å². The summed E-state index contributed by atoms with van der Waals surface area (Å²) in [4.78, 5) is 43.6. The van der Waals surface area contributed by atoms with Crippen molar-refractivity contribution in [1.29, 1.82) is 0 Å². The van der Waals surface area contributed by atoms with Crippen LogP contribution in [0.4, 0.5) is 17.6 Å². The SMILES string of the molecule is CCOc1ccc(C(=O)CCC(=O)NCC(CCOC)c2csc3c(F)cccc23)cc1OC.COCCC(=O)c1csc2c(F)cccc12.COCCC(CN)c1csc2c(F)cccc12.[C-]#[N+]C(CCOC)c1csc2c(F)cccc12.[C-]#[N+]CS(=O)(=O)c1ccc(C)cc1. The second-order valence-electron chi connectivity index (χ2n) is 21.7. The number of sulfone groups is 1. The fourth-order valence-corrected chi connectivity index (χ4v) is 15.1. The minimum absolute atomic E-state index is 0.00120. The molecule has 3 unspecified atom stereocenters. The van der Waals surface area contributed by atoms with E-state index in [2.05, 4.69) is 15.0 Å². The first kappa shape index (κ1) is 78.0. The van der Waals surface area contributed by atoms with Crippen LogP contribution in [-0.2, 0) is 33.6 Å². The lowest BCUT2D eigenvalue weighted by Gasteiger charge is -2.17. The van der Waals surface area contributed by atoms with E-state index >= 15 is 0 Å². The van der Waals surface area contributed by atoms with Gasteiger partial charge in [0.25, 0.3) is 15.9 Å². The number of nitrogens with two attached hydrogens (primary N) is 1. The van der Waals surface area contributed by atoms with E-state index in [1.807, 2.05) is 48.2 Å². The van der Waals surface area contributed by atoms with Crippen molar-refractivity contribution in [1.82, 2.24) is 5.32 Å². The summed E-state index contributed by atoms with van der Waals surface area (Å²) < 4.78 is 111. The molecule has 0 aliphatic carbocycles. The number of thiophene rings is 4. The van der Waals surface area contributed by atoms with Gasteiger partial charge in [-0.05, 0) is 126 Å². The summed E-state index contributed by atoms with van der Waals surface area (Å²) in [6.45, 7) is 21.0. The van der Waals surface area contributed by atoms with Gasteiger partial charge in [0.2, 0.25) is 5.91 Å². The molecule has 4 aromatic heterocycles. The minimum atomic E-state index is -3.38. The second kappa shape index (κ2) is 40.0. The van der Waals surface area contributed by atoms with Gasteiger partial charge >= 0.3 is 5.88 Å². The molecule has 0 aliphatic rings. The van der Waals surface area contributed by atoms with Crippen LogP contribution < -0.4 is 20.5 Å². The molecule has 3 N–H and O–H groups in total. The summed E-state index contributed by atoms with van der Waals surface area (Å²) in [5.74, 6) is -0.437. The number of hydrogen-bond acceptors (Lipinski definition) is 16. The van der Waals surface area contributed by atoms with E-state index in [4.69, 9.17) is 47.3 Å². The average molecular weight is 1420 g/mol. The van der Waals surface area contributed by atoms with Gasteiger partial charge in [0.15, 0.2) is 23.1 Å². The molecule has 4 heterocycles. The van der Waals surface area contributed by atoms with E-state index in [9.17, 15) is 40.4 Å². The fourth-order valence-electron chi connectivity index (χ4n) is 10.1. The van der Waals surface area contributed by atoms with Crippen LogP contribution in [0.25, 0.3) is 50.0 Å². The van der Waals surface area contributed by atoms with Crippen molar-refractivity contribution in [2.24, 2.45) is 5.73 Å². The van der Waals surface area contributed by atoms with E-state index in [1.54, 1.807) is 94.5 Å². The van der Waals surface area contributed by atoms with Crippen LogP contribution in [0.3, 0.4) is 0 Å². The summed E-state index contributed by atoms with van der Waals surface area (Å²) in [6.07, 6.45) is 2.68. The Balaban J connectivity index is 0.000000202. The van der Waals surface area contributed by atoms with E-state index in [1.165, 1.54) is 88.9 Å². The number of amides is 1. The first-order chi connectivity index (χ1) is 46.8. The number of benzene rings is 6. The standard InChI is InChI=1S/C26H30FNO5S.C13H12FNOS.C13H16FNOS.C12H11FO2S.C9H9NO2S/c1-4-33-23-10-8-17(14-24(23)32-3)22(29)9-11-25(30)28-15-18(12-13-31-2)20-16-34-26-19(20)6-5-7-21(26)27;1-15-12(6-7-16-2)10-8-17-13-9(10)4-3-5-11(13)14;1-16-6-5-9(7-15)11-8-17-13-10(11)3-2-4-12(13)14;1-15-6-5-11(14)9-7-16-12-8(9)3-2-4-10(12)13;1-8-3-5-9(6-4-8)13(11,12)7-10-2/h5-8,10,14,16,18H,4,9,11-13,15H2,1-3H3,(H,28,30);3-5,8,12H,6-7H2,2H3;2-4,8-9H,5-7,15H2,1H3;2-4,7H,5-6H2,1H3;3-6H,7H2,1H3. The number of nitrogens with one attached hydrogen (secondary N) is 1. The first-order valence-electron chi connectivity index (χ1n) is 30.7. The number of aryl methyl sites for hydroxylation is 1. The molecule has 0 fully saturated rings. The topological polar surface area (TPSA) is 188 Å². The number of hydrogen-bond donors (Lipinski definition) is 2. The molecule has 0 bridgehead atoms. The lowest BCUT2D eigenvalue weighted by Crippen LogP contribution is -2.29. The largest absolute Gasteiger partial charge is 0.493 e. The van der Waals surface area contributed by atoms with Crippen LogP contribution in [0.15, 0.2) is 142 Å². The van der Waals surface area contributed by atoms with Crippen molar-refractivity contribution in [3.63, 3.8) is 0 Å². The van der Waals surface area contributed by atoms with Gasteiger partial charge in [0.05, 0.1) is 62.6 Å². The molecule has 15 nitrogen and oxygen atoms in total. The number of carbonyl (C=O) groups is 3. The van der Waals surface area contributed by atoms with Crippen molar-refractivity contribution in [2.45, 2.75) is 75.1 Å². The molecule has 6 aromatic carbocycles. The maximum Gasteiger partial charge on any atom is 0.316 e.